The Balaban J connectivity index is 1.75. The highest BCUT2D eigenvalue weighted by molar-refractivity contribution is 6.01. The van der Waals surface area contributed by atoms with Gasteiger partial charge in [0.25, 0.3) is 0 Å². The molecule has 1 amide bonds. The van der Waals surface area contributed by atoms with Gasteiger partial charge in [0, 0.05) is 41.8 Å². The van der Waals surface area contributed by atoms with Crippen LogP contribution in [0.2, 0.25) is 0 Å². The van der Waals surface area contributed by atoms with Gasteiger partial charge in [-0.1, -0.05) is 6.58 Å². The number of pyridine rings is 1. The van der Waals surface area contributed by atoms with Crippen LogP contribution in [0.3, 0.4) is 0 Å². The molecule has 28 heavy (non-hydrogen) atoms. The van der Waals surface area contributed by atoms with Crippen molar-refractivity contribution in [1.29, 1.82) is 0 Å². The van der Waals surface area contributed by atoms with Crippen LogP contribution >= 0.6 is 0 Å². The Bertz CT molecular complexity index is 888. The molecule has 6 heteroatoms. The molecule has 0 unspecified atom stereocenters. The van der Waals surface area contributed by atoms with Gasteiger partial charge in [0.1, 0.15) is 5.82 Å². The molecule has 2 fully saturated rings. The van der Waals surface area contributed by atoms with Gasteiger partial charge in [-0.2, -0.15) is 0 Å². The van der Waals surface area contributed by atoms with E-state index in [1.807, 2.05) is 12.1 Å². The zero-order valence-corrected chi connectivity index (χ0v) is 16.5. The van der Waals surface area contributed by atoms with Crippen LogP contribution in [-0.2, 0) is 4.79 Å². The van der Waals surface area contributed by atoms with Crippen LogP contribution in [0.5, 0.6) is 0 Å². The number of aromatic nitrogens is 1. The molecule has 1 aromatic heterocycles. The molecule has 0 aliphatic carbocycles. The van der Waals surface area contributed by atoms with E-state index >= 15 is 0 Å². The van der Waals surface area contributed by atoms with Gasteiger partial charge in [-0.25, -0.2) is 4.98 Å². The fourth-order valence-corrected chi connectivity index (χ4v) is 4.27. The van der Waals surface area contributed by atoms with Crippen LogP contribution in [0.1, 0.15) is 30.9 Å². The van der Waals surface area contributed by atoms with Crippen LogP contribution in [0, 0.1) is 0 Å². The van der Waals surface area contributed by atoms with Gasteiger partial charge >= 0.3 is 0 Å². The third kappa shape index (κ3) is 3.88. The fourth-order valence-electron chi connectivity index (χ4n) is 4.27. The van der Waals surface area contributed by atoms with E-state index in [4.69, 9.17) is 10.7 Å². The Morgan fingerprint density at radius 3 is 2.71 bits per heavy atom. The summed E-state index contributed by atoms with van der Waals surface area (Å²) in [6.07, 6.45) is 4.54. The molecule has 2 aliphatic heterocycles. The molecule has 4 rings (SSSR count). The van der Waals surface area contributed by atoms with Gasteiger partial charge in [0.15, 0.2) is 0 Å². The van der Waals surface area contributed by atoms with E-state index in [0.717, 1.165) is 73.4 Å². The second-order valence-electron chi connectivity index (χ2n) is 8.07. The number of nitrogens with one attached hydrogen (secondary N) is 1. The number of piperidine rings is 1. The third-order valence-corrected chi connectivity index (χ3v) is 5.94. The maximum atomic E-state index is 11.7. The van der Waals surface area contributed by atoms with E-state index in [0.29, 0.717) is 5.92 Å². The number of anilines is 2. The van der Waals surface area contributed by atoms with E-state index in [9.17, 15) is 4.79 Å². The quantitative estimate of drug-likeness (QED) is 0.799. The molecule has 3 N–H and O–H groups in total. The molecule has 0 bridgehead atoms. The molecule has 0 saturated carbocycles. The minimum absolute atomic E-state index is 0.199. The van der Waals surface area contributed by atoms with E-state index in [-0.39, 0.29) is 11.9 Å². The summed E-state index contributed by atoms with van der Waals surface area (Å²) in [4.78, 5) is 21.5. The number of rotatable bonds is 4. The molecule has 0 spiro atoms. The summed E-state index contributed by atoms with van der Waals surface area (Å²) in [6, 6.07) is 8.43. The minimum Gasteiger partial charge on any atom is -0.354 e. The average molecular weight is 380 g/mol. The number of hydrogen-bond acceptors (Lipinski definition) is 5. The monoisotopic (exact) mass is 379 g/mol. The van der Waals surface area contributed by atoms with Gasteiger partial charge < -0.3 is 20.9 Å². The highest BCUT2D eigenvalue weighted by Gasteiger charge is 2.25. The fraction of sp³-hybridized carbons (Fsp3) is 0.455. The molecule has 3 heterocycles. The lowest BCUT2D eigenvalue weighted by Crippen LogP contribution is -2.30. The normalized spacial score (nSPS) is 21.2. The lowest BCUT2D eigenvalue weighted by atomic mass is 9.92. The van der Waals surface area contributed by atoms with E-state index in [2.05, 4.69) is 40.9 Å². The molecule has 6 nitrogen and oxygen atoms in total. The number of carbonyl (C=O) groups excluding carboxylic acids is 1. The second kappa shape index (κ2) is 7.89. The summed E-state index contributed by atoms with van der Waals surface area (Å²) in [6.45, 7) is 7.51. The van der Waals surface area contributed by atoms with Crippen molar-refractivity contribution in [1.82, 2.24) is 9.88 Å². The zero-order valence-electron chi connectivity index (χ0n) is 16.5. The number of fused-ring (bicyclic) bond motifs is 1. The van der Waals surface area contributed by atoms with Gasteiger partial charge in [0.05, 0.1) is 0 Å². The minimum atomic E-state index is -0.199. The highest BCUT2D eigenvalue weighted by atomic mass is 16.1. The number of carbonyl (C=O) groups is 1. The van der Waals surface area contributed by atoms with Crippen molar-refractivity contribution >= 4 is 28.2 Å². The molecule has 1 atom stereocenters. The first-order valence-electron chi connectivity index (χ1n) is 10.1. The SMILES string of the molecule is C=CC(=O)Nc1ccc2c(N3CC[C@@H](N)C3)nc(C3CCN(C)CC3)cc2c1. The predicted octanol–water partition coefficient (Wildman–Crippen LogP) is 2.71. The highest BCUT2D eigenvalue weighted by Crippen LogP contribution is 2.35. The van der Waals surface area contributed by atoms with Gasteiger partial charge in [0.2, 0.25) is 5.91 Å². The number of amides is 1. The molecular weight excluding hydrogens is 350 g/mol. The van der Waals surface area contributed by atoms with Crippen molar-refractivity contribution in [3.8, 4) is 0 Å². The lowest BCUT2D eigenvalue weighted by Gasteiger charge is -2.30. The van der Waals surface area contributed by atoms with Crippen LogP contribution in [-0.4, -0.2) is 55.1 Å². The second-order valence-corrected chi connectivity index (χ2v) is 8.07. The van der Waals surface area contributed by atoms with Crippen molar-refractivity contribution in [2.75, 3.05) is 43.4 Å². The molecule has 2 saturated heterocycles. The van der Waals surface area contributed by atoms with Crippen molar-refractivity contribution < 1.29 is 4.79 Å². The Morgan fingerprint density at radius 2 is 2.04 bits per heavy atom. The van der Waals surface area contributed by atoms with Crippen LogP contribution < -0.4 is 16.0 Å². The summed E-state index contributed by atoms with van der Waals surface area (Å²) < 4.78 is 0. The number of likely N-dealkylation sites (tertiary alicyclic amines) is 1. The molecule has 2 aromatic rings. The summed E-state index contributed by atoms with van der Waals surface area (Å²) in [7, 11) is 2.18. The van der Waals surface area contributed by atoms with Crippen LogP contribution in [0.15, 0.2) is 36.9 Å². The molecule has 148 valence electrons. The first-order chi connectivity index (χ1) is 13.5. The Labute approximate surface area is 166 Å². The molecular formula is C22H29N5O. The Hall–Kier alpha value is -2.44. The summed E-state index contributed by atoms with van der Waals surface area (Å²) in [5, 5.41) is 5.09. The number of nitrogens with zero attached hydrogens (tertiary/aromatic N) is 3. The summed E-state index contributed by atoms with van der Waals surface area (Å²) >= 11 is 0. The summed E-state index contributed by atoms with van der Waals surface area (Å²) in [5.41, 5.74) is 8.10. The smallest absolute Gasteiger partial charge is 0.247 e. The van der Waals surface area contributed by atoms with Crippen molar-refractivity contribution in [3.63, 3.8) is 0 Å². The number of nitrogens with two attached hydrogens (primary N) is 1. The van der Waals surface area contributed by atoms with Gasteiger partial charge in [-0.15, -0.1) is 0 Å². The topological polar surface area (TPSA) is 74.5 Å². The van der Waals surface area contributed by atoms with E-state index in [1.54, 1.807) is 0 Å². The van der Waals surface area contributed by atoms with Crippen molar-refractivity contribution in [2.45, 2.75) is 31.2 Å². The molecule has 1 aromatic carbocycles. The van der Waals surface area contributed by atoms with Crippen LogP contribution in [0.4, 0.5) is 11.5 Å². The number of benzene rings is 1. The van der Waals surface area contributed by atoms with Gasteiger partial charge in [-0.3, -0.25) is 4.79 Å². The summed E-state index contributed by atoms with van der Waals surface area (Å²) in [5.74, 6) is 1.30. The predicted molar refractivity (Wildman–Crippen MR) is 115 cm³/mol. The van der Waals surface area contributed by atoms with Gasteiger partial charge in [-0.05, 0) is 75.1 Å². The average Bonchev–Trinajstić information content (AvgIpc) is 3.13. The van der Waals surface area contributed by atoms with Crippen molar-refractivity contribution in [3.05, 3.63) is 42.6 Å². The lowest BCUT2D eigenvalue weighted by molar-refractivity contribution is -0.111. The maximum Gasteiger partial charge on any atom is 0.247 e. The van der Waals surface area contributed by atoms with Crippen LogP contribution in [0.25, 0.3) is 10.8 Å². The first kappa shape index (κ1) is 18.9. The largest absolute Gasteiger partial charge is 0.354 e. The maximum absolute atomic E-state index is 11.7. The van der Waals surface area contributed by atoms with Crippen molar-refractivity contribution in [2.24, 2.45) is 5.73 Å². The molecule has 2 aliphatic rings. The zero-order chi connectivity index (χ0) is 19.7. The number of hydrogen-bond donors (Lipinski definition) is 2. The third-order valence-electron chi connectivity index (χ3n) is 5.94. The van der Waals surface area contributed by atoms with E-state index in [1.165, 1.54) is 6.08 Å². The Kier molecular flexibility index (Phi) is 5.33. The van der Waals surface area contributed by atoms with E-state index < -0.39 is 0 Å². The standard InChI is InChI=1S/C22H29N5O/c1-3-21(28)24-18-4-5-19-16(12-18)13-20(15-6-9-26(2)10-7-15)25-22(19)27-11-8-17(23)14-27/h3-5,12-13,15,17H,1,6-11,14,23H2,2H3,(H,24,28)/t17-/m1/s1. The Morgan fingerprint density at radius 1 is 1.25 bits per heavy atom. The molecule has 0 radical (unpaired) electrons. The first-order valence-corrected chi connectivity index (χ1v) is 10.1.